The van der Waals surface area contributed by atoms with Crippen molar-refractivity contribution >= 4 is 5.91 Å². The van der Waals surface area contributed by atoms with Crippen molar-refractivity contribution in [3.63, 3.8) is 0 Å². The Morgan fingerprint density at radius 3 is 2.74 bits per heavy atom. The Morgan fingerprint density at radius 2 is 2.16 bits per heavy atom. The maximum Gasteiger partial charge on any atom is 0.233 e. The number of carbonyl (C=O) groups excluding carboxylic acids is 1. The lowest BCUT2D eigenvalue weighted by Crippen LogP contribution is -2.53. The molecule has 0 aromatic rings. The van der Waals surface area contributed by atoms with E-state index < -0.39 is 0 Å². The van der Waals surface area contributed by atoms with Gasteiger partial charge in [-0.1, -0.05) is 6.92 Å². The standard InChI is InChI=1S/C14H26N2O3/c1-3-12-8-11(17)9-14(19-12)4-6-16(7-5-14)10-13(18)15-2/h11-12,17H,3-10H2,1-2H3,(H,15,18)/t11-,12+/m1/s1. The Labute approximate surface area is 115 Å². The second kappa shape index (κ2) is 6.20. The van der Waals surface area contributed by atoms with E-state index in [-0.39, 0.29) is 23.7 Å². The van der Waals surface area contributed by atoms with Gasteiger partial charge in [-0.25, -0.2) is 0 Å². The fraction of sp³-hybridized carbons (Fsp3) is 0.929. The number of nitrogens with zero attached hydrogens (tertiary/aromatic N) is 1. The molecule has 2 heterocycles. The van der Waals surface area contributed by atoms with Gasteiger partial charge in [0.2, 0.25) is 5.91 Å². The van der Waals surface area contributed by atoms with Gasteiger partial charge in [-0.05, 0) is 25.7 Å². The van der Waals surface area contributed by atoms with Crippen molar-refractivity contribution < 1.29 is 14.6 Å². The molecule has 1 spiro atoms. The van der Waals surface area contributed by atoms with Crippen molar-refractivity contribution in [2.24, 2.45) is 0 Å². The van der Waals surface area contributed by atoms with Gasteiger partial charge < -0.3 is 15.2 Å². The van der Waals surface area contributed by atoms with Crippen LogP contribution in [0.15, 0.2) is 0 Å². The van der Waals surface area contributed by atoms with Crippen LogP contribution in [-0.4, -0.2) is 60.4 Å². The molecule has 2 fully saturated rings. The molecule has 0 bridgehead atoms. The molecule has 2 atom stereocenters. The molecule has 19 heavy (non-hydrogen) atoms. The number of likely N-dealkylation sites (N-methyl/N-ethyl adjacent to an activating group) is 1. The van der Waals surface area contributed by atoms with Gasteiger partial charge in [-0.2, -0.15) is 0 Å². The van der Waals surface area contributed by atoms with Crippen LogP contribution in [0.5, 0.6) is 0 Å². The van der Waals surface area contributed by atoms with Gasteiger partial charge in [-0.3, -0.25) is 9.69 Å². The third kappa shape index (κ3) is 3.68. The monoisotopic (exact) mass is 270 g/mol. The Bertz CT molecular complexity index is 314. The number of amides is 1. The second-order valence-electron chi connectivity index (χ2n) is 5.87. The molecule has 2 aliphatic heterocycles. The number of aliphatic hydroxyl groups excluding tert-OH is 1. The lowest BCUT2D eigenvalue weighted by Gasteiger charge is -2.47. The summed E-state index contributed by atoms with van der Waals surface area (Å²) < 4.78 is 6.23. The van der Waals surface area contributed by atoms with Crippen LogP contribution in [0.4, 0.5) is 0 Å². The molecule has 0 aromatic carbocycles. The van der Waals surface area contributed by atoms with Crippen LogP contribution in [0.3, 0.4) is 0 Å². The molecule has 5 heteroatoms. The van der Waals surface area contributed by atoms with Gasteiger partial charge >= 0.3 is 0 Å². The Kier molecular flexibility index (Phi) is 4.81. The summed E-state index contributed by atoms with van der Waals surface area (Å²) in [6.07, 6.45) is 4.26. The molecule has 0 saturated carbocycles. The van der Waals surface area contributed by atoms with Crippen LogP contribution in [0.2, 0.25) is 0 Å². The van der Waals surface area contributed by atoms with E-state index in [2.05, 4.69) is 17.1 Å². The van der Waals surface area contributed by atoms with E-state index in [1.54, 1.807) is 7.05 Å². The predicted molar refractivity (Wildman–Crippen MR) is 72.9 cm³/mol. The zero-order chi connectivity index (χ0) is 13.9. The SMILES string of the molecule is CC[C@H]1C[C@@H](O)CC2(CCN(CC(=O)NC)CC2)O1. The average molecular weight is 270 g/mol. The Hall–Kier alpha value is -0.650. The quantitative estimate of drug-likeness (QED) is 0.785. The molecule has 5 nitrogen and oxygen atoms in total. The van der Waals surface area contributed by atoms with Gasteiger partial charge in [0, 0.05) is 26.6 Å². The van der Waals surface area contributed by atoms with Crippen molar-refractivity contribution in [1.29, 1.82) is 0 Å². The number of aliphatic hydroxyl groups is 1. The van der Waals surface area contributed by atoms with E-state index in [9.17, 15) is 9.90 Å². The fourth-order valence-electron chi connectivity index (χ4n) is 3.24. The van der Waals surface area contributed by atoms with Crippen LogP contribution >= 0.6 is 0 Å². The highest BCUT2D eigenvalue weighted by Crippen LogP contribution is 2.38. The lowest BCUT2D eigenvalue weighted by atomic mass is 9.81. The number of carbonyl (C=O) groups is 1. The number of likely N-dealkylation sites (tertiary alicyclic amines) is 1. The van der Waals surface area contributed by atoms with E-state index in [1.807, 2.05) is 0 Å². The van der Waals surface area contributed by atoms with Gasteiger partial charge in [0.1, 0.15) is 0 Å². The van der Waals surface area contributed by atoms with Gasteiger partial charge in [0.25, 0.3) is 0 Å². The first-order valence-corrected chi connectivity index (χ1v) is 7.36. The lowest BCUT2D eigenvalue weighted by molar-refractivity contribution is -0.182. The van der Waals surface area contributed by atoms with Crippen LogP contribution in [-0.2, 0) is 9.53 Å². The van der Waals surface area contributed by atoms with E-state index in [0.29, 0.717) is 6.54 Å². The smallest absolute Gasteiger partial charge is 0.233 e. The van der Waals surface area contributed by atoms with Crippen LogP contribution in [0.25, 0.3) is 0 Å². The zero-order valence-electron chi connectivity index (χ0n) is 12.0. The number of hydrogen-bond acceptors (Lipinski definition) is 4. The molecule has 0 unspecified atom stereocenters. The molecule has 110 valence electrons. The highest BCUT2D eigenvalue weighted by molar-refractivity contribution is 5.77. The number of ether oxygens (including phenoxy) is 1. The van der Waals surface area contributed by atoms with Gasteiger partial charge in [0.05, 0.1) is 24.4 Å². The maximum atomic E-state index is 11.4. The maximum absolute atomic E-state index is 11.4. The predicted octanol–water partition coefficient (Wildman–Crippen LogP) is 0.517. The molecule has 2 N–H and O–H groups in total. The summed E-state index contributed by atoms with van der Waals surface area (Å²) in [5.41, 5.74) is -0.155. The zero-order valence-corrected chi connectivity index (χ0v) is 12.0. The fourth-order valence-corrected chi connectivity index (χ4v) is 3.24. The van der Waals surface area contributed by atoms with Crippen LogP contribution < -0.4 is 5.32 Å². The minimum absolute atomic E-state index is 0.0620. The van der Waals surface area contributed by atoms with Gasteiger partial charge in [-0.15, -0.1) is 0 Å². The number of hydrogen-bond donors (Lipinski definition) is 2. The summed E-state index contributed by atoms with van der Waals surface area (Å²) in [4.78, 5) is 13.5. The molecule has 0 radical (unpaired) electrons. The summed E-state index contributed by atoms with van der Waals surface area (Å²) in [6.45, 7) is 4.32. The highest BCUT2D eigenvalue weighted by atomic mass is 16.5. The van der Waals surface area contributed by atoms with E-state index in [1.165, 1.54) is 0 Å². The molecule has 0 aromatic heterocycles. The first-order valence-electron chi connectivity index (χ1n) is 7.36. The first-order chi connectivity index (χ1) is 9.07. The average Bonchev–Trinajstić information content (AvgIpc) is 2.40. The molecular formula is C14H26N2O3. The molecule has 0 aliphatic carbocycles. The summed E-state index contributed by atoms with van der Waals surface area (Å²) in [5, 5.41) is 12.7. The summed E-state index contributed by atoms with van der Waals surface area (Å²) in [6, 6.07) is 0. The molecule has 2 saturated heterocycles. The number of rotatable bonds is 3. The topological polar surface area (TPSA) is 61.8 Å². The summed E-state index contributed by atoms with van der Waals surface area (Å²) >= 11 is 0. The van der Waals surface area contributed by atoms with E-state index >= 15 is 0 Å². The summed E-state index contributed by atoms with van der Waals surface area (Å²) in [5.74, 6) is 0.0620. The largest absolute Gasteiger partial charge is 0.393 e. The van der Waals surface area contributed by atoms with Crippen molar-refractivity contribution in [3.8, 4) is 0 Å². The van der Waals surface area contributed by atoms with Crippen molar-refractivity contribution in [2.45, 2.75) is 56.8 Å². The molecule has 2 rings (SSSR count). The minimum Gasteiger partial charge on any atom is -0.393 e. The summed E-state index contributed by atoms with van der Waals surface area (Å²) in [7, 11) is 1.67. The number of piperidine rings is 1. The van der Waals surface area contributed by atoms with Crippen molar-refractivity contribution in [2.75, 3.05) is 26.7 Å². The van der Waals surface area contributed by atoms with E-state index in [4.69, 9.17) is 4.74 Å². The molecule has 1 amide bonds. The number of nitrogens with one attached hydrogen (secondary N) is 1. The molecular weight excluding hydrogens is 244 g/mol. The first kappa shape index (κ1) is 14.8. The Balaban J connectivity index is 1.88. The van der Waals surface area contributed by atoms with Crippen molar-refractivity contribution in [1.82, 2.24) is 10.2 Å². The van der Waals surface area contributed by atoms with E-state index in [0.717, 1.165) is 45.2 Å². The highest BCUT2D eigenvalue weighted by Gasteiger charge is 2.42. The third-order valence-corrected chi connectivity index (χ3v) is 4.43. The van der Waals surface area contributed by atoms with Crippen molar-refractivity contribution in [3.05, 3.63) is 0 Å². The minimum atomic E-state index is -0.232. The second-order valence-corrected chi connectivity index (χ2v) is 5.87. The van der Waals surface area contributed by atoms with Crippen LogP contribution in [0.1, 0.15) is 39.0 Å². The molecule has 2 aliphatic rings. The van der Waals surface area contributed by atoms with Gasteiger partial charge in [0.15, 0.2) is 0 Å². The Morgan fingerprint density at radius 1 is 1.47 bits per heavy atom. The normalized spacial score (nSPS) is 31.3. The van der Waals surface area contributed by atoms with Crippen LogP contribution in [0, 0.1) is 0 Å². The third-order valence-electron chi connectivity index (χ3n) is 4.43.